The van der Waals surface area contributed by atoms with E-state index in [1.807, 2.05) is 36.4 Å². The van der Waals surface area contributed by atoms with Gasteiger partial charge in [-0.1, -0.05) is 30.3 Å². The summed E-state index contributed by atoms with van der Waals surface area (Å²) < 4.78 is 5.22. The van der Waals surface area contributed by atoms with Crippen LogP contribution in [-0.2, 0) is 4.79 Å². The molecule has 0 atom stereocenters. The van der Waals surface area contributed by atoms with Crippen LogP contribution in [0.4, 0.5) is 0 Å². The summed E-state index contributed by atoms with van der Waals surface area (Å²) in [7, 11) is 1.60. The highest BCUT2D eigenvalue weighted by molar-refractivity contribution is 6.00. The first kappa shape index (κ1) is 16.5. The molecule has 0 bridgehead atoms. The molecule has 0 heterocycles. The van der Waals surface area contributed by atoms with Gasteiger partial charge in [0.15, 0.2) is 0 Å². The smallest absolute Gasteiger partial charge is 0.303 e. The molecule has 0 spiro atoms. The number of nitrogens with one attached hydrogen (secondary N) is 1. The van der Waals surface area contributed by atoms with Crippen LogP contribution < -0.4 is 10.1 Å². The Morgan fingerprint density at radius 3 is 2.65 bits per heavy atom. The minimum Gasteiger partial charge on any atom is -0.497 e. The van der Waals surface area contributed by atoms with E-state index in [0.29, 0.717) is 18.5 Å². The lowest BCUT2D eigenvalue weighted by Crippen LogP contribution is -2.25. The molecule has 5 nitrogen and oxygen atoms in total. The average Bonchev–Trinajstić information content (AvgIpc) is 2.58. The molecule has 120 valence electrons. The van der Waals surface area contributed by atoms with Crippen LogP contribution in [0.25, 0.3) is 11.1 Å². The maximum Gasteiger partial charge on any atom is 0.303 e. The molecule has 0 fully saturated rings. The largest absolute Gasteiger partial charge is 0.497 e. The number of carbonyl (C=O) groups excluding carboxylic acids is 1. The van der Waals surface area contributed by atoms with Crippen LogP contribution in [0, 0.1) is 0 Å². The molecule has 23 heavy (non-hydrogen) atoms. The van der Waals surface area contributed by atoms with Crippen molar-refractivity contribution in [2.75, 3.05) is 13.7 Å². The van der Waals surface area contributed by atoms with Crippen LogP contribution in [0.15, 0.2) is 48.5 Å². The summed E-state index contributed by atoms with van der Waals surface area (Å²) >= 11 is 0. The fraction of sp³-hybridized carbons (Fsp3) is 0.222. The van der Waals surface area contributed by atoms with Gasteiger partial charge in [0.25, 0.3) is 5.91 Å². The van der Waals surface area contributed by atoms with Crippen molar-refractivity contribution in [3.05, 3.63) is 54.1 Å². The molecule has 2 N–H and O–H groups in total. The number of carboxylic acid groups (broad SMARTS) is 1. The lowest BCUT2D eigenvalue weighted by molar-refractivity contribution is -0.137. The quantitative estimate of drug-likeness (QED) is 0.771. The van der Waals surface area contributed by atoms with E-state index in [9.17, 15) is 9.59 Å². The molecule has 0 aliphatic carbocycles. The van der Waals surface area contributed by atoms with Gasteiger partial charge in [0.05, 0.1) is 7.11 Å². The Balaban J connectivity index is 2.16. The predicted molar refractivity (Wildman–Crippen MR) is 87.6 cm³/mol. The van der Waals surface area contributed by atoms with Crippen LogP contribution in [-0.4, -0.2) is 30.6 Å². The standard InChI is InChI=1S/C18H19NO4/c1-23-14-7-4-6-13(12-14)15-8-2-3-9-16(15)18(22)19-11-5-10-17(20)21/h2-4,6-9,12H,5,10-11H2,1H3,(H,19,22)(H,20,21). The fourth-order valence-electron chi connectivity index (χ4n) is 2.26. The third-order valence-electron chi connectivity index (χ3n) is 3.41. The van der Waals surface area contributed by atoms with Crippen molar-refractivity contribution in [3.8, 4) is 16.9 Å². The Morgan fingerprint density at radius 2 is 1.91 bits per heavy atom. The third-order valence-corrected chi connectivity index (χ3v) is 3.41. The number of benzene rings is 2. The zero-order valence-corrected chi connectivity index (χ0v) is 12.9. The molecule has 5 heteroatoms. The van der Waals surface area contributed by atoms with E-state index in [2.05, 4.69) is 5.32 Å². The van der Waals surface area contributed by atoms with Gasteiger partial charge in [0, 0.05) is 18.5 Å². The van der Waals surface area contributed by atoms with Crippen LogP contribution >= 0.6 is 0 Å². The number of ether oxygens (including phenoxy) is 1. The molecule has 0 aliphatic heterocycles. The average molecular weight is 313 g/mol. The molecule has 1 amide bonds. The molecule has 0 aliphatic rings. The molecule has 2 aromatic carbocycles. The Labute approximate surface area is 134 Å². The summed E-state index contributed by atoms with van der Waals surface area (Å²) in [5, 5.41) is 11.4. The minimum atomic E-state index is -0.865. The Kier molecular flexibility index (Phi) is 5.74. The topological polar surface area (TPSA) is 75.6 Å². The predicted octanol–water partition coefficient (Wildman–Crippen LogP) is 2.96. The van der Waals surface area contributed by atoms with Crippen molar-refractivity contribution in [2.24, 2.45) is 0 Å². The van der Waals surface area contributed by atoms with Gasteiger partial charge >= 0.3 is 5.97 Å². The highest BCUT2D eigenvalue weighted by Gasteiger charge is 2.12. The van der Waals surface area contributed by atoms with E-state index in [-0.39, 0.29) is 12.3 Å². The number of hydrogen-bond acceptors (Lipinski definition) is 3. The lowest BCUT2D eigenvalue weighted by Gasteiger charge is -2.11. The summed E-state index contributed by atoms with van der Waals surface area (Å²) in [4.78, 5) is 22.8. The summed E-state index contributed by atoms with van der Waals surface area (Å²) in [6.07, 6.45) is 0.445. The monoisotopic (exact) mass is 313 g/mol. The minimum absolute atomic E-state index is 0.0395. The van der Waals surface area contributed by atoms with Gasteiger partial charge in [-0.15, -0.1) is 0 Å². The van der Waals surface area contributed by atoms with Gasteiger partial charge in [0.2, 0.25) is 0 Å². The van der Waals surface area contributed by atoms with Crippen molar-refractivity contribution in [1.82, 2.24) is 5.32 Å². The van der Waals surface area contributed by atoms with Crippen LogP contribution in [0.3, 0.4) is 0 Å². The van der Waals surface area contributed by atoms with E-state index in [1.165, 1.54) is 0 Å². The molecule has 0 unspecified atom stereocenters. The van der Waals surface area contributed by atoms with Crippen LogP contribution in [0.1, 0.15) is 23.2 Å². The van der Waals surface area contributed by atoms with Crippen molar-refractivity contribution in [1.29, 1.82) is 0 Å². The van der Waals surface area contributed by atoms with Crippen molar-refractivity contribution >= 4 is 11.9 Å². The molecule has 0 radical (unpaired) electrons. The number of carboxylic acids is 1. The number of amides is 1. The van der Waals surface area contributed by atoms with E-state index in [4.69, 9.17) is 9.84 Å². The van der Waals surface area contributed by atoms with Crippen molar-refractivity contribution in [3.63, 3.8) is 0 Å². The number of carbonyl (C=O) groups is 2. The Morgan fingerprint density at radius 1 is 1.13 bits per heavy atom. The molecule has 0 saturated heterocycles. The van der Waals surface area contributed by atoms with Gasteiger partial charge in [-0.05, 0) is 35.7 Å². The lowest BCUT2D eigenvalue weighted by atomic mass is 9.99. The number of aliphatic carboxylic acids is 1. The first-order chi connectivity index (χ1) is 11.1. The van der Waals surface area contributed by atoms with E-state index in [1.54, 1.807) is 19.2 Å². The Bertz CT molecular complexity index is 697. The Hall–Kier alpha value is -2.82. The molecule has 0 aromatic heterocycles. The highest BCUT2D eigenvalue weighted by Crippen LogP contribution is 2.26. The number of hydrogen-bond donors (Lipinski definition) is 2. The number of rotatable bonds is 7. The van der Waals surface area contributed by atoms with Crippen LogP contribution in [0.5, 0.6) is 5.75 Å². The van der Waals surface area contributed by atoms with Gasteiger partial charge in [-0.2, -0.15) is 0 Å². The van der Waals surface area contributed by atoms with Crippen LogP contribution in [0.2, 0.25) is 0 Å². The first-order valence-electron chi connectivity index (χ1n) is 7.35. The van der Waals surface area contributed by atoms with E-state index in [0.717, 1.165) is 16.9 Å². The highest BCUT2D eigenvalue weighted by atomic mass is 16.5. The normalized spacial score (nSPS) is 10.1. The summed E-state index contributed by atoms with van der Waals surface area (Å²) in [5.74, 6) is -0.357. The molecular weight excluding hydrogens is 294 g/mol. The molecular formula is C18H19NO4. The first-order valence-corrected chi connectivity index (χ1v) is 7.35. The van der Waals surface area contributed by atoms with E-state index >= 15 is 0 Å². The molecule has 2 aromatic rings. The second-order valence-corrected chi connectivity index (χ2v) is 5.03. The third kappa shape index (κ3) is 4.57. The van der Waals surface area contributed by atoms with Gasteiger partial charge < -0.3 is 15.2 Å². The second kappa shape index (κ2) is 7.98. The zero-order valence-electron chi connectivity index (χ0n) is 12.9. The van der Waals surface area contributed by atoms with E-state index < -0.39 is 5.97 Å². The van der Waals surface area contributed by atoms with Gasteiger partial charge in [-0.3, -0.25) is 9.59 Å². The fourth-order valence-corrected chi connectivity index (χ4v) is 2.26. The molecule has 0 saturated carbocycles. The second-order valence-electron chi connectivity index (χ2n) is 5.03. The van der Waals surface area contributed by atoms with Crippen molar-refractivity contribution < 1.29 is 19.4 Å². The summed E-state index contributed by atoms with van der Waals surface area (Å²) in [6, 6.07) is 14.8. The SMILES string of the molecule is COc1cccc(-c2ccccc2C(=O)NCCCC(=O)O)c1. The van der Waals surface area contributed by atoms with Gasteiger partial charge in [-0.25, -0.2) is 0 Å². The van der Waals surface area contributed by atoms with Crippen molar-refractivity contribution in [2.45, 2.75) is 12.8 Å². The number of methoxy groups -OCH3 is 1. The maximum absolute atomic E-state index is 12.3. The summed E-state index contributed by atoms with van der Waals surface area (Å²) in [6.45, 7) is 0.331. The zero-order chi connectivity index (χ0) is 16.7. The van der Waals surface area contributed by atoms with Gasteiger partial charge in [0.1, 0.15) is 5.75 Å². The molecule has 2 rings (SSSR count). The maximum atomic E-state index is 12.3. The summed E-state index contributed by atoms with van der Waals surface area (Å²) in [5.41, 5.74) is 2.25.